The molecule has 0 spiro atoms. The highest BCUT2D eigenvalue weighted by atomic mass is 35.5. The van der Waals surface area contributed by atoms with Crippen LogP contribution >= 0.6 is 23.8 Å². The average Bonchev–Trinajstić information content (AvgIpc) is 2.91. The molecule has 3 aromatic rings. The van der Waals surface area contributed by atoms with Gasteiger partial charge in [-0.15, -0.1) is 0 Å². The first kappa shape index (κ1) is 22.8. The summed E-state index contributed by atoms with van der Waals surface area (Å²) in [6, 6.07) is 22.9. The van der Waals surface area contributed by atoms with Crippen LogP contribution < -0.4 is 21.3 Å². The molecular formula is C25H24ClN5OS. The van der Waals surface area contributed by atoms with Gasteiger partial charge in [0.25, 0.3) is 5.91 Å². The fraction of sp³-hybridized carbons (Fsp3) is 0.160. The number of nitrogen functional groups attached to an aromatic ring is 1. The highest BCUT2D eigenvalue weighted by Crippen LogP contribution is 2.29. The molecule has 1 heterocycles. The molecule has 0 fully saturated rings. The van der Waals surface area contributed by atoms with Gasteiger partial charge >= 0.3 is 0 Å². The highest BCUT2D eigenvalue weighted by Gasteiger charge is 2.30. The number of benzodiazepines with no additional fused rings is 1. The maximum absolute atomic E-state index is 13.3. The zero-order valence-electron chi connectivity index (χ0n) is 18.1. The molecule has 0 aliphatic carbocycles. The van der Waals surface area contributed by atoms with Crippen molar-refractivity contribution in [3.8, 4) is 0 Å². The minimum absolute atomic E-state index is 0.216. The van der Waals surface area contributed by atoms with Crippen molar-refractivity contribution in [2.45, 2.75) is 12.6 Å². The molecule has 1 aliphatic rings. The number of rotatable bonds is 5. The number of fused-ring (bicyclic) bond motifs is 1. The van der Waals surface area contributed by atoms with Gasteiger partial charge in [-0.05, 0) is 54.5 Å². The third kappa shape index (κ3) is 5.32. The Morgan fingerprint density at radius 3 is 2.58 bits per heavy atom. The molecule has 3 aromatic carbocycles. The fourth-order valence-corrected chi connectivity index (χ4v) is 4.03. The summed E-state index contributed by atoms with van der Waals surface area (Å²) in [5, 5.41) is 7.17. The van der Waals surface area contributed by atoms with Gasteiger partial charge in [-0.25, -0.2) is 4.99 Å². The largest absolute Gasteiger partial charge is 0.399 e. The summed E-state index contributed by atoms with van der Waals surface area (Å²) in [5.41, 5.74) is 10.7. The molecular weight excluding hydrogens is 454 g/mol. The number of carbonyl (C=O) groups excluding carboxylic acids is 1. The lowest BCUT2D eigenvalue weighted by Gasteiger charge is -2.22. The van der Waals surface area contributed by atoms with Crippen LogP contribution in [0.5, 0.6) is 0 Å². The van der Waals surface area contributed by atoms with Gasteiger partial charge in [0.1, 0.15) is 0 Å². The number of hydrogen-bond acceptors (Lipinski definition) is 4. The maximum atomic E-state index is 13.3. The number of likely N-dealkylation sites (N-methyl/N-ethyl adjacent to an activating group) is 1. The number of halogens is 1. The van der Waals surface area contributed by atoms with Crippen LogP contribution in [0.1, 0.15) is 16.7 Å². The van der Waals surface area contributed by atoms with E-state index in [0.29, 0.717) is 22.4 Å². The van der Waals surface area contributed by atoms with Crippen LogP contribution in [0.15, 0.2) is 77.8 Å². The summed E-state index contributed by atoms with van der Waals surface area (Å²) in [6.07, 6.45) is -0.115. The average molecular weight is 478 g/mol. The Bertz CT molecular complexity index is 1200. The van der Waals surface area contributed by atoms with E-state index in [0.717, 1.165) is 34.5 Å². The van der Waals surface area contributed by atoms with E-state index in [1.54, 1.807) is 18.0 Å². The topological polar surface area (TPSA) is 82.8 Å². The monoisotopic (exact) mass is 477 g/mol. The molecule has 33 heavy (non-hydrogen) atoms. The molecule has 1 unspecified atom stereocenters. The van der Waals surface area contributed by atoms with Crippen molar-refractivity contribution >= 4 is 51.9 Å². The fourth-order valence-electron chi connectivity index (χ4n) is 3.65. The minimum atomic E-state index is -0.882. The van der Waals surface area contributed by atoms with Gasteiger partial charge in [-0.3, -0.25) is 4.79 Å². The summed E-state index contributed by atoms with van der Waals surface area (Å²) in [4.78, 5) is 19.6. The second kappa shape index (κ2) is 10.0. The minimum Gasteiger partial charge on any atom is -0.399 e. The molecule has 0 aromatic heterocycles. The Kier molecular flexibility index (Phi) is 6.91. The van der Waals surface area contributed by atoms with E-state index in [1.807, 2.05) is 66.7 Å². The third-order valence-electron chi connectivity index (χ3n) is 5.39. The number of nitrogens with one attached hydrogen (secondary N) is 2. The number of anilines is 2. The zero-order chi connectivity index (χ0) is 23.4. The van der Waals surface area contributed by atoms with Gasteiger partial charge in [0, 0.05) is 35.4 Å². The van der Waals surface area contributed by atoms with Crippen LogP contribution in [0.25, 0.3) is 0 Å². The Morgan fingerprint density at radius 2 is 1.85 bits per heavy atom. The normalized spacial score (nSPS) is 15.3. The van der Waals surface area contributed by atoms with Crippen molar-refractivity contribution in [1.29, 1.82) is 0 Å². The number of thiocarbonyl (C=S) groups is 1. The second-order valence-corrected chi connectivity index (χ2v) is 8.54. The predicted molar refractivity (Wildman–Crippen MR) is 139 cm³/mol. The summed E-state index contributed by atoms with van der Waals surface area (Å²) in [7, 11) is 1.73. The van der Waals surface area contributed by atoms with E-state index in [-0.39, 0.29) is 5.91 Å². The first-order valence-electron chi connectivity index (χ1n) is 10.5. The summed E-state index contributed by atoms with van der Waals surface area (Å²) in [5.74, 6) is -0.216. The summed E-state index contributed by atoms with van der Waals surface area (Å²) in [6.45, 7) is 0.609. The molecule has 168 valence electrons. The van der Waals surface area contributed by atoms with E-state index < -0.39 is 6.17 Å². The molecule has 4 rings (SSSR count). The van der Waals surface area contributed by atoms with E-state index in [2.05, 4.69) is 10.6 Å². The van der Waals surface area contributed by atoms with Crippen molar-refractivity contribution in [3.63, 3.8) is 0 Å². The third-order valence-corrected chi connectivity index (χ3v) is 5.89. The van der Waals surface area contributed by atoms with Gasteiger partial charge in [0.15, 0.2) is 5.11 Å². The van der Waals surface area contributed by atoms with Crippen molar-refractivity contribution in [1.82, 2.24) is 10.6 Å². The quantitative estimate of drug-likeness (QED) is 0.385. The van der Waals surface area contributed by atoms with Crippen molar-refractivity contribution in [3.05, 3.63) is 94.5 Å². The molecule has 1 amide bonds. The number of benzene rings is 3. The highest BCUT2D eigenvalue weighted by molar-refractivity contribution is 7.80. The van der Waals surface area contributed by atoms with Crippen LogP contribution in [0.3, 0.4) is 0 Å². The first-order valence-corrected chi connectivity index (χ1v) is 11.3. The lowest BCUT2D eigenvalue weighted by atomic mass is 10.0. The molecule has 0 saturated carbocycles. The van der Waals surface area contributed by atoms with Gasteiger partial charge in [0.05, 0.1) is 11.4 Å². The van der Waals surface area contributed by atoms with Crippen LogP contribution in [-0.2, 0) is 11.2 Å². The molecule has 6 nitrogen and oxygen atoms in total. The van der Waals surface area contributed by atoms with E-state index in [4.69, 9.17) is 34.5 Å². The number of hydrogen-bond donors (Lipinski definition) is 3. The maximum Gasteiger partial charge on any atom is 0.272 e. The van der Waals surface area contributed by atoms with Crippen LogP contribution in [0, 0.1) is 0 Å². The number of nitrogens with zero attached hydrogens (tertiary/aromatic N) is 2. The van der Waals surface area contributed by atoms with Crippen LogP contribution in [0.4, 0.5) is 11.4 Å². The summed E-state index contributed by atoms with van der Waals surface area (Å²) >= 11 is 11.8. The van der Waals surface area contributed by atoms with E-state index >= 15 is 0 Å². The van der Waals surface area contributed by atoms with E-state index in [9.17, 15) is 4.79 Å². The van der Waals surface area contributed by atoms with Crippen molar-refractivity contribution < 1.29 is 4.79 Å². The molecule has 1 aliphatic heterocycles. The molecule has 0 radical (unpaired) electrons. The Labute approximate surface area is 203 Å². The van der Waals surface area contributed by atoms with Crippen LogP contribution in [-0.4, -0.2) is 36.5 Å². The van der Waals surface area contributed by atoms with Gasteiger partial charge in [-0.1, -0.05) is 54.1 Å². The van der Waals surface area contributed by atoms with E-state index in [1.165, 1.54) is 0 Å². The Balaban J connectivity index is 1.55. The number of nitrogens with two attached hydrogens (primary N) is 1. The Hall–Kier alpha value is -3.42. The molecule has 1 atom stereocenters. The molecule has 8 heteroatoms. The Morgan fingerprint density at radius 1 is 1.12 bits per heavy atom. The first-order chi connectivity index (χ1) is 15.9. The van der Waals surface area contributed by atoms with Gasteiger partial charge < -0.3 is 21.3 Å². The molecule has 4 N–H and O–H groups in total. The van der Waals surface area contributed by atoms with Crippen molar-refractivity contribution in [2.24, 2.45) is 4.99 Å². The number of carbonyl (C=O) groups is 1. The molecule has 0 bridgehead atoms. The SMILES string of the molecule is CN1C(=O)C(NC(=S)NCCc2ccc(N)cc2)N=C(c2ccccc2)c2cc(Cl)ccc21. The lowest BCUT2D eigenvalue weighted by Crippen LogP contribution is -2.49. The number of amides is 1. The zero-order valence-corrected chi connectivity index (χ0v) is 19.7. The predicted octanol–water partition coefficient (Wildman–Crippen LogP) is 3.77. The summed E-state index contributed by atoms with van der Waals surface area (Å²) < 4.78 is 0. The second-order valence-electron chi connectivity index (χ2n) is 7.70. The van der Waals surface area contributed by atoms with Gasteiger partial charge in [0.2, 0.25) is 6.17 Å². The standard InChI is InChI=1S/C25H24ClN5OS/c1-31-21-12-9-18(26)15-20(21)22(17-5-3-2-4-6-17)29-23(24(31)32)30-25(33)28-14-13-16-7-10-19(27)11-8-16/h2-12,15,23H,13-14,27H2,1H3,(H2,28,30,33). The van der Waals surface area contributed by atoms with Crippen LogP contribution in [0.2, 0.25) is 5.02 Å². The smallest absolute Gasteiger partial charge is 0.272 e. The van der Waals surface area contributed by atoms with Gasteiger partial charge in [-0.2, -0.15) is 0 Å². The lowest BCUT2D eigenvalue weighted by molar-refractivity contribution is -0.119. The molecule has 0 saturated heterocycles. The number of aliphatic imine (C=N–C) groups is 1. The van der Waals surface area contributed by atoms with Crippen molar-refractivity contribution in [2.75, 3.05) is 24.2 Å².